The third-order valence-corrected chi connectivity index (χ3v) is 4.18. The SMILES string of the molecule is COc1ccc2[nH]c(=O)c(CCC(=O)NCc3ccccc3F)cc2c1. The molecule has 0 aliphatic heterocycles. The maximum Gasteiger partial charge on any atom is 0.251 e. The first-order valence-corrected chi connectivity index (χ1v) is 8.27. The number of benzene rings is 2. The van der Waals surface area contributed by atoms with E-state index in [0.29, 0.717) is 28.8 Å². The Morgan fingerprint density at radius 1 is 1.15 bits per heavy atom. The summed E-state index contributed by atoms with van der Waals surface area (Å²) in [5.74, 6) is 0.101. The van der Waals surface area contributed by atoms with Gasteiger partial charge in [0, 0.05) is 35.0 Å². The van der Waals surface area contributed by atoms with E-state index in [-0.39, 0.29) is 30.2 Å². The normalized spacial score (nSPS) is 10.7. The van der Waals surface area contributed by atoms with Gasteiger partial charge >= 0.3 is 0 Å². The molecule has 0 bridgehead atoms. The quantitative estimate of drug-likeness (QED) is 0.715. The Hall–Kier alpha value is -3.15. The van der Waals surface area contributed by atoms with E-state index in [1.165, 1.54) is 6.07 Å². The third-order valence-electron chi connectivity index (χ3n) is 4.18. The van der Waals surface area contributed by atoms with Crippen LogP contribution in [0.2, 0.25) is 0 Å². The molecule has 3 aromatic rings. The lowest BCUT2D eigenvalue weighted by Crippen LogP contribution is -2.24. The van der Waals surface area contributed by atoms with E-state index < -0.39 is 0 Å². The average molecular weight is 354 g/mol. The van der Waals surface area contributed by atoms with Crippen molar-refractivity contribution in [1.82, 2.24) is 10.3 Å². The van der Waals surface area contributed by atoms with Gasteiger partial charge in [-0.15, -0.1) is 0 Å². The van der Waals surface area contributed by atoms with Crippen LogP contribution >= 0.6 is 0 Å². The zero-order valence-corrected chi connectivity index (χ0v) is 14.3. The van der Waals surface area contributed by atoms with E-state index in [1.54, 1.807) is 43.5 Å². The molecule has 1 heterocycles. The molecule has 0 spiro atoms. The molecule has 26 heavy (non-hydrogen) atoms. The number of aromatic nitrogens is 1. The maximum absolute atomic E-state index is 13.5. The number of halogens is 1. The summed E-state index contributed by atoms with van der Waals surface area (Å²) in [6.45, 7) is 0.122. The topological polar surface area (TPSA) is 71.2 Å². The van der Waals surface area contributed by atoms with Crippen molar-refractivity contribution in [3.63, 3.8) is 0 Å². The van der Waals surface area contributed by atoms with Crippen molar-refractivity contribution >= 4 is 16.8 Å². The van der Waals surface area contributed by atoms with Crippen molar-refractivity contribution in [2.45, 2.75) is 19.4 Å². The van der Waals surface area contributed by atoms with Gasteiger partial charge in [-0.3, -0.25) is 9.59 Å². The highest BCUT2D eigenvalue weighted by Gasteiger charge is 2.08. The summed E-state index contributed by atoms with van der Waals surface area (Å²) in [5, 5.41) is 3.51. The molecule has 2 aromatic carbocycles. The highest BCUT2D eigenvalue weighted by atomic mass is 19.1. The number of aromatic amines is 1. The molecule has 0 fully saturated rings. The third kappa shape index (κ3) is 4.08. The summed E-state index contributed by atoms with van der Waals surface area (Å²) in [4.78, 5) is 27.0. The van der Waals surface area contributed by atoms with Crippen LogP contribution < -0.4 is 15.6 Å². The minimum absolute atomic E-state index is 0.122. The van der Waals surface area contributed by atoms with Crippen LogP contribution in [-0.2, 0) is 17.8 Å². The second-order valence-corrected chi connectivity index (χ2v) is 5.95. The lowest BCUT2D eigenvalue weighted by Gasteiger charge is -2.07. The number of carbonyl (C=O) groups excluding carboxylic acids is 1. The van der Waals surface area contributed by atoms with Gasteiger partial charge in [-0.05, 0) is 36.8 Å². The second kappa shape index (κ2) is 7.82. The molecule has 0 saturated heterocycles. The number of hydrogen-bond donors (Lipinski definition) is 2. The molecule has 0 atom stereocenters. The maximum atomic E-state index is 13.5. The number of carbonyl (C=O) groups is 1. The number of amides is 1. The molecule has 6 heteroatoms. The average Bonchev–Trinajstić information content (AvgIpc) is 2.65. The Kier molecular flexibility index (Phi) is 5.31. The highest BCUT2D eigenvalue weighted by molar-refractivity contribution is 5.81. The molecule has 0 unspecified atom stereocenters. The van der Waals surface area contributed by atoms with Gasteiger partial charge in [0.1, 0.15) is 11.6 Å². The minimum Gasteiger partial charge on any atom is -0.497 e. The van der Waals surface area contributed by atoms with Gasteiger partial charge in [0.2, 0.25) is 5.91 Å². The molecule has 0 aliphatic carbocycles. The number of ether oxygens (including phenoxy) is 1. The van der Waals surface area contributed by atoms with Crippen LogP contribution in [0.15, 0.2) is 53.3 Å². The summed E-state index contributed by atoms with van der Waals surface area (Å²) in [6, 6.07) is 13.4. The summed E-state index contributed by atoms with van der Waals surface area (Å²) >= 11 is 0. The lowest BCUT2D eigenvalue weighted by molar-refractivity contribution is -0.121. The molecule has 0 aliphatic rings. The van der Waals surface area contributed by atoms with Gasteiger partial charge in [0.05, 0.1) is 7.11 Å². The fraction of sp³-hybridized carbons (Fsp3) is 0.200. The predicted octanol–water partition coefficient (Wildman–Crippen LogP) is 2.92. The number of aryl methyl sites for hydroxylation is 1. The number of H-pyrrole nitrogens is 1. The van der Waals surface area contributed by atoms with E-state index in [4.69, 9.17) is 4.74 Å². The number of methoxy groups -OCH3 is 1. The Morgan fingerprint density at radius 2 is 1.96 bits per heavy atom. The lowest BCUT2D eigenvalue weighted by atomic mass is 10.1. The van der Waals surface area contributed by atoms with E-state index in [9.17, 15) is 14.0 Å². The van der Waals surface area contributed by atoms with Crippen LogP contribution in [0.25, 0.3) is 10.9 Å². The van der Waals surface area contributed by atoms with E-state index in [2.05, 4.69) is 10.3 Å². The first kappa shape index (κ1) is 17.7. The number of pyridine rings is 1. The van der Waals surface area contributed by atoms with E-state index in [1.807, 2.05) is 6.07 Å². The van der Waals surface area contributed by atoms with Gasteiger partial charge in [-0.25, -0.2) is 4.39 Å². The fourth-order valence-corrected chi connectivity index (χ4v) is 2.71. The van der Waals surface area contributed by atoms with Crippen LogP contribution in [-0.4, -0.2) is 18.0 Å². The summed E-state index contributed by atoms with van der Waals surface area (Å²) in [7, 11) is 1.58. The zero-order chi connectivity index (χ0) is 18.5. The second-order valence-electron chi connectivity index (χ2n) is 5.95. The standard InChI is InChI=1S/C20H19FN2O3/c1-26-16-7-8-18-15(11-16)10-13(20(25)23-18)6-9-19(24)22-12-14-4-2-3-5-17(14)21/h2-5,7-8,10-11H,6,9,12H2,1H3,(H,22,24)(H,23,25). The summed E-state index contributed by atoms with van der Waals surface area (Å²) in [6.07, 6.45) is 0.443. The molecule has 2 N–H and O–H groups in total. The predicted molar refractivity (Wildman–Crippen MR) is 97.7 cm³/mol. The molecule has 1 amide bonds. The van der Waals surface area contributed by atoms with Gasteiger partial charge < -0.3 is 15.0 Å². The van der Waals surface area contributed by atoms with Crippen molar-refractivity contribution in [3.8, 4) is 5.75 Å². The number of nitrogens with one attached hydrogen (secondary N) is 2. The number of fused-ring (bicyclic) bond motifs is 1. The summed E-state index contributed by atoms with van der Waals surface area (Å²) < 4.78 is 18.7. The summed E-state index contributed by atoms with van der Waals surface area (Å²) in [5.41, 5.74) is 1.44. The first-order chi connectivity index (χ1) is 12.6. The fourth-order valence-electron chi connectivity index (χ4n) is 2.71. The molecule has 5 nitrogen and oxygen atoms in total. The van der Waals surface area contributed by atoms with Crippen LogP contribution in [0.1, 0.15) is 17.5 Å². The van der Waals surface area contributed by atoms with Crippen LogP contribution in [0.4, 0.5) is 4.39 Å². The Labute approximate surface area is 149 Å². The molecule has 1 aromatic heterocycles. The van der Waals surface area contributed by atoms with Gasteiger partial charge in [-0.1, -0.05) is 18.2 Å². The number of rotatable bonds is 6. The van der Waals surface area contributed by atoms with Crippen molar-refractivity contribution < 1.29 is 13.9 Å². The van der Waals surface area contributed by atoms with Crippen LogP contribution in [0.5, 0.6) is 5.75 Å². The molecular formula is C20H19FN2O3. The van der Waals surface area contributed by atoms with E-state index >= 15 is 0 Å². The van der Waals surface area contributed by atoms with Gasteiger partial charge in [0.25, 0.3) is 5.56 Å². The Morgan fingerprint density at radius 3 is 2.73 bits per heavy atom. The Bertz CT molecular complexity index is 998. The van der Waals surface area contributed by atoms with E-state index in [0.717, 1.165) is 5.39 Å². The highest BCUT2D eigenvalue weighted by Crippen LogP contribution is 2.19. The van der Waals surface area contributed by atoms with Crippen LogP contribution in [0, 0.1) is 5.82 Å². The van der Waals surface area contributed by atoms with Crippen LogP contribution in [0.3, 0.4) is 0 Å². The van der Waals surface area contributed by atoms with Crippen molar-refractivity contribution in [3.05, 3.63) is 75.8 Å². The molecule has 0 saturated carbocycles. The molecule has 134 valence electrons. The Balaban J connectivity index is 1.65. The zero-order valence-electron chi connectivity index (χ0n) is 14.3. The van der Waals surface area contributed by atoms with Gasteiger partial charge in [0.15, 0.2) is 0 Å². The van der Waals surface area contributed by atoms with Crippen molar-refractivity contribution in [2.75, 3.05) is 7.11 Å². The number of hydrogen-bond acceptors (Lipinski definition) is 3. The molecular weight excluding hydrogens is 335 g/mol. The van der Waals surface area contributed by atoms with Crippen molar-refractivity contribution in [2.24, 2.45) is 0 Å². The first-order valence-electron chi connectivity index (χ1n) is 8.27. The monoisotopic (exact) mass is 354 g/mol. The van der Waals surface area contributed by atoms with Crippen molar-refractivity contribution in [1.29, 1.82) is 0 Å². The molecule has 3 rings (SSSR count). The smallest absolute Gasteiger partial charge is 0.251 e. The van der Waals surface area contributed by atoms with Gasteiger partial charge in [-0.2, -0.15) is 0 Å². The largest absolute Gasteiger partial charge is 0.497 e. The minimum atomic E-state index is -0.354. The molecule has 0 radical (unpaired) electrons.